The van der Waals surface area contributed by atoms with Crippen LogP contribution in [0.15, 0.2) is 0 Å². The van der Waals surface area contributed by atoms with E-state index in [0.29, 0.717) is 0 Å². The predicted octanol–water partition coefficient (Wildman–Crippen LogP) is -1.85. The minimum Gasteiger partial charge on any atom is -0.852 e. The van der Waals surface area contributed by atoms with Crippen molar-refractivity contribution < 1.29 is 66.2 Å². The summed E-state index contributed by atoms with van der Waals surface area (Å²) in [4.78, 5) is 0. The van der Waals surface area contributed by atoms with Crippen LogP contribution in [0.3, 0.4) is 0 Å². The maximum atomic E-state index is 9.53. The number of hydrogen-bond donors (Lipinski definition) is 0. The van der Waals surface area contributed by atoms with E-state index in [0.717, 1.165) is 0 Å². The smallest absolute Gasteiger partial charge is 0.852 e. The van der Waals surface area contributed by atoms with Crippen molar-refractivity contribution in [2.45, 2.75) is 120 Å². The first-order valence-electron chi connectivity index (χ1n) is 8.34. The van der Waals surface area contributed by atoms with Crippen molar-refractivity contribution in [1.82, 2.24) is 0 Å². The van der Waals surface area contributed by atoms with Gasteiger partial charge in [-0.25, -0.2) is 0 Å². The van der Waals surface area contributed by atoms with Crippen molar-refractivity contribution in [1.29, 1.82) is 0 Å². The van der Waals surface area contributed by atoms with Crippen LogP contribution in [-0.4, -0.2) is 54.0 Å². The van der Waals surface area contributed by atoms with E-state index in [4.69, 9.17) is 0 Å². The first-order chi connectivity index (χ1) is 10.4. The Bertz CT molecular complexity index is 107. The molecule has 0 saturated heterocycles. The Morgan fingerprint density at radius 2 is 0.308 bits per heavy atom. The van der Waals surface area contributed by atoms with Gasteiger partial charge in [0.15, 0.2) is 0 Å². The van der Waals surface area contributed by atoms with E-state index in [1.807, 2.05) is 0 Å². The average Bonchev–Trinajstić information content (AvgIpc) is 2.08. The van der Waals surface area contributed by atoms with E-state index in [-0.39, 0.29) is 53.0 Å². The Balaban J connectivity index is -0.0000000245. The van der Waals surface area contributed by atoms with E-state index in [2.05, 4.69) is 0 Å². The van der Waals surface area contributed by atoms with Crippen LogP contribution in [0.25, 0.3) is 0 Å². The largest absolute Gasteiger partial charge is 3.00 e. The van der Waals surface area contributed by atoms with Gasteiger partial charge in [0, 0.05) is 0 Å². The molecule has 0 N–H and O–H groups in total. The first kappa shape index (κ1) is 50.8. The van der Waals surface area contributed by atoms with Crippen molar-refractivity contribution in [3.05, 3.63) is 0 Å². The molecule has 0 radical (unpaired) electrons. The Morgan fingerprint density at radius 3 is 0.308 bits per heavy atom. The van der Waals surface area contributed by atoms with Crippen LogP contribution in [0.4, 0.5) is 0 Å². The first-order valence-corrected chi connectivity index (χ1v) is 8.34. The number of hydrogen-bond acceptors (Lipinski definition) is 6. The van der Waals surface area contributed by atoms with Gasteiger partial charge in [0.25, 0.3) is 0 Å². The average molecular weight is 520 g/mol. The second-order valence-electron chi connectivity index (χ2n) is 6.29. The fraction of sp³-hybridized carbons (Fsp3) is 1.00. The van der Waals surface area contributed by atoms with Gasteiger partial charge in [-0.05, 0) is 0 Å². The van der Waals surface area contributed by atoms with Gasteiger partial charge in [-0.15, -0.1) is 36.6 Å². The molecule has 0 unspecified atom stereocenters. The molecule has 0 aromatic heterocycles. The molecule has 0 fully saturated rings. The summed E-state index contributed by atoms with van der Waals surface area (Å²) in [5.41, 5.74) is 0. The van der Waals surface area contributed by atoms with Crippen LogP contribution in [0.1, 0.15) is 83.1 Å². The van der Waals surface area contributed by atoms with Crippen molar-refractivity contribution in [3.63, 3.8) is 0 Å². The quantitative estimate of drug-likeness (QED) is 0.344. The zero-order valence-electron chi connectivity index (χ0n) is 19.1. The number of rotatable bonds is 0. The van der Waals surface area contributed by atoms with E-state index in [1.165, 1.54) is 0 Å². The minimum atomic E-state index is -0.417. The normalized spacial score (nSPS) is 8.31. The summed E-state index contributed by atoms with van der Waals surface area (Å²) in [5.74, 6) is 0. The van der Waals surface area contributed by atoms with Gasteiger partial charge in [0.2, 0.25) is 0 Å². The molecule has 0 aliphatic heterocycles. The third kappa shape index (κ3) is 6910. The fourth-order valence-electron chi connectivity index (χ4n) is 0. The summed E-state index contributed by atoms with van der Waals surface area (Å²) in [5, 5.41) is 57.2. The van der Waals surface area contributed by atoms with Crippen LogP contribution < -0.4 is 30.6 Å². The van der Waals surface area contributed by atoms with Crippen molar-refractivity contribution in [2.75, 3.05) is 0 Å². The standard InChI is InChI=1S/6C3H7O.Al.La/c6*1-3(2)4;;/h6*3H,1-2H3;;/q6*-1;2*+3. The Morgan fingerprint density at radius 1 is 0.308 bits per heavy atom. The molecular weight excluding hydrogens is 478 g/mol. The summed E-state index contributed by atoms with van der Waals surface area (Å²) in [6.07, 6.45) is -2.50. The summed E-state index contributed by atoms with van der Waals surface area (Å²) in [6.45, 7) is 19.3. The summed E-state index contributed by atoms with van der Waals surface area (Å²) in [6, 6.07) is 0. The summed E-state index contributed by atoms with van der Waals surface area (Å²) in [7, 11) is 0. The van der Waals surface area contributed by atoms with Crippen LogP contribution in [-0.2, 0) is 0 Å². The van der Waals surface area contributed by atoms with Crippen molar-refractivity contribution >= 4 is 17.4 Å². The van der Waals surface area contributed by atoms with Gasteiger partial charge in [-0.3, -0.25) is 0 Å². The molecule has 6 nitrogen and oxygen atoms in total. The molecule has 0 bridgehead atoms. The summed E-state index contributed by atoms with van der Waals surface area (Å²) < 4.78 is 0. The zero-order valence-corrected chi connectivity index (χ0v) is 23.8. The van der Waals surface area contributed by atoms with Crippen LogP contribution >= 0.6 is 0 Å². The molecule has 156 valence electrons. The topological polar surface area (TPSA) is 138 Å². The Hall–Kier alpha value is 1.49. The second-order valence-corrected chi connectivity index (χ2v) is 6.29. The van der Waals surface area contributed by atoms with E-state index in [1.54, 1.807) is 83.1 Å². The van der Waals surface area contributed by atoms with Crippen LogP contribution in [0, 0.1) is 35.6 Å². The molecule has 0 aromatic carbocycles. The van der Waals surface area contributed by atoms with Crippen LogP contribution in [0.5, 0.6) is 0 Å². The van der Waals surface area contributed by atoms with Crippen molar-refractivity contribution in [3.8, 4) is 0 Å². The van der Waals surface area contributed by atoms with E-state index >= 15 is 0 Å². The summed E-state index contributed by atoms with van der Waals surface area (Å²) >= 11 is 0. The molecule has 0 aliphatic rings. The van der Waals surface area contributed by atoms with E-state index < -0.39 is 36.6 Å². The monoisotopic (exact) mass is 520 g/mol. The molecule has 0 atom stereocenters. The third-order valence-corrected chi connectivity index (χ3v) is 0. The van der Waals surface area contributed by atoms with Gasteiger partial charge in [-0.2, -0.15) is 0 Å². The Kier molecular flexibility index (Phi) is 88.5. The third-order valence-electron chi connectivity index (χ3n) is 0. The predicted molar refractivity (Wildman–Crippen MR) is 96.6 cm³/mol. The molecule has 0 heterocycles. The van der Waals surface area contributed by atoms with E-state index in [9.17, 15) is 30.6 Å². The molecular formula is C18H42AlLaO6. The molecule has 26 heavy (non-hydrogen) atoms. The Labute approximate surface area is 202 Å². The van der Waals surface area contributed by atoms with Gasteiger partial charge >= 0.3 is 53.0 Å². The minimum absolute atomic E-state index is 0. The van der Waals surface area contributed by atoms with Crippen LogP contribution in [0.2, 0.25) is 0 Å². The molecule has 0 aromatic rings. The maximum Gasteiger partial charge on any atom is 3.00 e. The molecule has 0 rings (SSSR count). The SMILES string of the molecule is CC(C)[O-].CC(C)[O-].CC(C)[O-].CC(C)[O-].CC(C)[O-].CC(C)[O-].[Al+3].[La+3]. The van der Waals surface area contributed by atoms with Gasteiger partial charge in [-0.1, -0.05) is 83.1 Å². The zero-order chi connectivity index (χ0) is 21.5. The van der Waals surface area contributed by atoms with Gasteiger partial charge in [0.05, 0.1) is 0 Å². The molecule has 8 heteroatoms. The maximum absolute atomic E-state index is 9.53. The fourth-order valence-corrected chi connectivity index (χ4v) is 0. The molecule has 0 spiro atoms. The molecule has 0 amide bonds. The second kappa shape index (κ2) is 45.3. The van der Waals surface area contributed by atoms with Gasteiger partial charge < -0.3 is 30.6 Å². The van der Waals surface area contributed by atoms with Gasteiger partial charge in [0.1, 0.15) is 0 Å². The molecule has 0 saturated carbocycles. The van der Waals surface area contributed by atoms with Crippen molar-refractivity contribution in [2.24, 2.45) is 0 Å². The molecule has 0 aliphatic carbocycles.